The van der Waals surface area contributed by atoms with Gasteiger partial charge in [-0.3, -0.25) is 0 Å². The zero-order chi connectivity index (χ0) is 14.0. The minimum atomic E-state index is -0.842. The highest BCUT2D eigenvalue weighted by atomic mass is 79.9. The highest BCUT2D eigenvalue weighted by Crippen LogP contribution is 2.34. The number of hydrogen-bond donors (Lipinski definition) is 0. The summed E-state index contributed by atoms with van der Waals surface area (Å²) in [4.78, 5) is 0. The van der Waals surface area contributed by atoms with Gasteiger partial charge in [-0.05, 0) is 45.8 Å². The smallest absolute Gasteiger partial charge is 0.198 e. The molecule has 1 nitrogen and oxygen atoms in total. The fourth-order valence-corrected chi connectivity index (χ4v) is 2.10. The topological polar surface area (TPSA) is 9.23 Å². The van der Waals surface area contributed by atoms with Crippen molar-refractivity contribution in [2.45, 2.75) is 5.33 Å². The van der Waals surface area contributed by atoms with E-state index in [9.17, 15) is 13.2 Å². The largest absolute Gasteiger partial charge is 0.450 e. The van der Waals surface area contributed by atoms with Crippen molar-refractivity contribution < 1.29 is 17.9 Å². The molecule has 0 amide bonds. The van der Waals surface area contributed by atoms with Gasteiger partial charge in [0.25, 0.3) is 0 Å². The summed E-state index contributed by atoms with van der Waals surface area (Å²) in [5.74, 6) is -2.80. The Morgan fingerprint density at radius 2 is 1.63 bits per heavy atom. The van der Waals surface area contributed by atoms with Gasteiger partial charge in [-0.2, -0.15) is 0 Å². The van der Waals surface area contributed by atoms with Crippen LogP contribution in [0.25, 0.3) is 0 Å². The molecule has 100 valence electrons. The monoisotopic (exact) mass is 394 g/mol. The average molecular weight is 396 g/mol. The molecule has 0 aliphatic rings. The number of alkyl halides is 1. The van der Waals surface area contributed by atoms with E-state index in [1.54, 1.807) is 0 Å². The fourth-order valence-electron chi connectivity index (χ4n) is 1.45. The van der Waals surface area contributed by atoms with Crippen LogP contribution in [-0.2, 0) is 5.33 Å². The van der Waals surface area contributed by atoms with Gasteiger partial charge >= 0.3 is 0 Å². The minimum Gasteiger partial charge on any atom is -0.450 e. The first-order valence-electron chi connectivity index (χ1n) is 5.18. The molecule has 0 radical (unpaired) electrons. The summed E-state index contributed by atoms with van der Waals surface area (Å²) < 4.78 is 46.0. The van der Waals surface area contributed by atoms with Crippen molar-refractivity contribution in [1.82, 2.24) is 0 Å². The Morgan fingerprint density at radius 3 is 2.21 bits per heavy atom. The second-order valence-corrected chi connectivity index (χ2v) is 5.11. The predicted molar refractivity (Wildman–Crippen MR) is 73.2 cm³/mol. The van der Waals surface area contributed by atoms with Crippen molar-refractivity contribution in [1.29, 1.82) is 0 Å². The molecule has 0 saturated carbocycles. The molecule has 0 bridgehead atoms. The molecule has 0 unspecified atom stereocenters. The predicted octanol–water partition coefficient (Wildman–Crippen LogP) is 5.55. The molecule has 0 fully saturated rings. The second-order valence-electron chi connectivity index (χ2n) is 3.70. The molecule has 0 aliphatic heterocycles. The van der Waals surface area contributed by atoms with Crippen LogP contribution in [-0.4, -0.2) is 0 Å². The zero-order valence-electron chi connectivity index (χ0n) is 9.39. The molecule has 2 aromatic carbocycles. The van der Waals surface area contributed by atoms with Crippen LogP contribution in [0.1, 0.15) is 5.56 Å². The lowest BCUT2D eigenvalue weighted by molar-refractivity contribution is 0.402. The van der Waals surface area contributed by atoms with Crippen molar-refractivity contribution >= 4 is 31.9 Å². The van der Waals surface area contributed by atoms with Gasteiger partial charge < -0.3 is 4.74 Å². The lowest BCUT2D eigenvalue weighted by atomic mass is 10.2. The van der Waals surface area contributed by atoms with Crippen molar-refractivity contribution in [2.24, 2.45) is 0 Å². The lowest BCUT2D eigenvalue weighted by Gasteiger charge is -2.10. The lowest BCUT2D eigenvalue weighted by Crippen LogP contribution is -1.95. The summed E-state index contributed by atoms with van der Waals surface area (Å²) in [5, 5.41) is 0.324. The van der Waals surface area contributed by atoms with Gasteiger partial charge in [0.05, 0.1) is 4.47 Å². The summed E-state index contributed by atoms with van der Waals surface area (Å²) in [6, 6.07) is 5.95. The van der Waals surface area contributed by atoms with E-state index in [4.69, 9.17) is 4.74 Å². The zero-order valence-corrected chi connectivity index (χ0v) is 12.6. The van der Waals surface area contributed by atoms with Crippen molar-refractivity contribution in [3.63, 3.8) is 0 Å². The van der Waals surface area contributed by atoms with Crippen LogP contribution in [0.3, 0.4) is 0 Å². The first kappa shape index (κ1) is 14.4. The third-order valence-electron chi connectivity index (χ3n) is 2.32. The van der Waals surface area contributed by atoms with Gasteiger partial charge in [-0.25, -0.2) is 13.2 Å². The van der Waals surface area contributed by atoms with E-state index in [0.29, 0.717) is 15.4 Å². The summed E-state index contributed by atoms with van der Waals surface area (Å²) >= 11 is 6.23. The van der Waals surface area contributed by atoms with Crippen LogP contribution >= 0.6 is 31.9 Å². The maximum absolute atomic E-state index is 13.7. The van der Waals surface area contributed by atoms with Crippen molar-refractivity contribution in [3.8, 4) is 11.5 Å². The third kappa shape index (κ3) is 3.30. The van der Waals surface area contributed by atoms with E-state index in [1.165, 1.54) is 12.1 Å². The Bertz CT molecular complexity index is 594. The molecule has 2 aromatic rings. The Kier molecular flexibility index (Phi) is 4.52. The van der Waals surface area contributed by atoms with E-state index >= 15 is 0 Å². The molecule has 0 spiro atoms. The Morgan fingerprint density at radius 1 is 1.00 bits per heavy atom. The summed E-state index contributed by atoms with van der Waals surface area (Å²) in [6.07, 6.45) is 0. The van der Waals surface area contributed by atoms with Gasteiger partial charge in [0.2, 0.25) is 0 Å². The number of rotatable bonds is 3. The SMILES string of the molecule is Fc1ccc(Br)c(Oc2c(F)cc(CBr)cc2F)c1. The molecule has 0 heterocycles. The minimum absolute atomic E-state index is 0.00407. The van der Waals surface area contributed by atoms with Crippen molar-refractivity contribution in [3.05, 3.63) is 57.8 Å². The van der Waals surface area contributed by atoms with E-state index in [0.717, 1.165) is 18.2 Å². The number of ether oxygens (including phenoxy) is 1. The normalized spacial score (nSPS) is 10.6. The number of benzene rings is 2. The number of hydrogen-bond acceptors (Lipinski definition) is 1. The van der Waals surface area contributed by atoms with E-state index in [-0.39, 0.29) is 5.75 Å². The summed E-state index contributed by atoms with van der Waals surface area (Å²) in [7, 11) is 0. The van der Waals surface area contributed by atoms with Gasteiger partial charge in [0.15, 0.2) is 17.4 Å². The molecular formula is C13H7Br2F3O. The van der Waals surface area contributed by atoms with Crippen molar-refractivity contribution in [2.75, 3.05) is 0 Å². The molecule has 0 aromatic heterocycles. The molecule has 0 aliphatic carbocycles. The number of halogens is 5. The molecular weight excluding hydrogens is 389 g/mol. The van der Waals surface area contributed by atoms with Crippen LogP contribution in [0.4, 0.5) is 13.2 Å². The molecule has 0 saturated heterocycles. The first-order chi connectivity index (χ1) is 9.01. The highest BCUT2D eigenvalue weighted by Gasteiger charge is 2.15. The van der Waals surface area contributed by atoms with Gasteiger partial charge in [-0.15, -0.1) is 0 Å². The summed E-state index contributed by atoms with van der Waals surface area (Å²) in [6.45, 7) is 0. The molecule has 0 N–H and O–H groups in total. The fraction of sp³-hybridized carbons (Fsp3) is 0.0769. The molecule has 0 atom stereocenters. The molecule has 6 heteroatoms. The van der Waals surface area contributed by atoms with Gasteiger partial charge in [-0.1, -0.05) is 15.9 Å². The molecule has 19 heavy (non-hydrogen) atoms. The highest BCUT2D eigenvalue weighted by molar-refractivity contribution is 9.10. The maximum Gasteiger partial charge on any atom is 0.198 e. The van der Waals surface area contributed by atoms with Gasteiger partial charge in [0.1, 0.15) is 11.6 Å². The molecule has 2 rings (SSSR count). The second kappa shape index (κ2) is 5.96. The van der Waals surface area contributed by atoms with E-state index in [2.05, 4.69) is 31.9 Å². The van der Waals surface area contributed by atoms with Crippen LogP contribution in [0, 0.1) is 17.5 Å². The van der Waals surface area contributed by atoms with Gasteiger partial charge in [0, 0.05) is 11.4 Å². The van der Waals surface area contributed by atoms with Crippen LogP contribution in [0.2, 0.25) is 0 Å². The summed E-state index contributed by atoms with van der Waals surface area (Å²) in [5.41, 5.74) is 0.445. The Labute approximate surface area is 124 Å². The van der Waals surface area contributed by atoms with E-state index < -0.39 is 23.2 Å². The standard InChI is InChI=1S/C13H7Br2F3O/c14-6-7-3-10(17)13(11(18)4-7)19-12-5-8(16)1-2-9(12)15/h1-5H,6H2. The van der Waals surface area contributed by atoms with E-state index in [1.807, 2.05) is 0 Å². The average Bonchev–Trinajstić information content (AvgIpc) is 2.37. The Hall–Kier alpha value is -1.01. The quantitative estimate of drug-likeness (QED) is 0.618. The third-order valence-corrected chi connectivity index (χ3v) is 3.62. The van der Waals surface area contributed by atoms with Crippen LogP contribution in [0.5, 0.6) is 11.5 Å². The van der Waals surface area contributed by atoms with Crippen LogP contribution in [0.15, 0.2) is 34.8 Å². The first-order valence-corrected chi connectivity index (χ1v) is 7.09. The maximum atomic E-state index is 13.7. The van der Waals surface area contributed by atoms with Crippen LogP contribution < -0.4 is 4.74 Å². The Balaban J connectivity index is 2.41.